The SMILES string of the molecule is COc1cccc2c(-c3cn(Cc4cccn(C5CCC(C)CC5)c4=O)nn3)nc(N)nc12. The molecule has 1 saturated carbocycles. The minimum atomic E-state index is 0.0376. The van der Waals surface area contributed by atoms with E-state index in [4.69, 9.17) is 10.5 Å². The molecule has 9 nitrogen and oxygen atoms in total. The fraction of sp³-hybridized carbons (Fsp3) is 0.375. The topological polar surface area (TPSA) is 114 Å². The summed E-state index contributed by atoms with van der Waals surface area (Å²) in [7, 11) is 1.59. The second kappa shape index (κ2) is 8.65. The van der Waals surface area contributed by atoms with Crippen LogP contribution in [0.15, 0.2) is 47.5 Å². The van der Waals surface area contributed by atoms with Crippen molar-refractivity contribution in [2.24, 2.45) is 5.92 Å². The van der Waals surface area contributed by atoms with Gasteiger partial charge in [-0.3, -0.25) is 4.79 Å². The second-order valence-electron chi connectivity index (χ2n) is 8.75. The molecular formula is C24H27N7O2. The van der Waals surface area contributed by atoms with Crippen molar-refractivity contribution in [1.82, 2.24) is 29.5 Å². The van der Waals surface area contributed by atoms with Gasteiger partial charge in [-0.05, 0) is 43.7 Å². The summed E-state index contributed by atoms with van der Waals surface area (Å²) in [6.45, 7) is 2.61. The van der Waals surface area contributed by atoms with Gasteiger partial charge in [0.05, 0.1) is 19.9 Å². The predicted molar refractivity (Wildman–Crippen MR) is 126 cm³/mol. The molecule has 5 rings (SSSR count). The molecule has 1 aromatic carbocycles. The molecule has 0 bridgehead atoms. The Bertz CT molecular complexity index is 1350. The van der Waals surface area contributed by atoms with Crippen LogP contribution >= 0.6 is 0 Å². The summed E-state index contributed by atoms with van der Waals surface area (Å²) >= 11 is 0. The van der Waals surface area contributed by atoms with Crippen LogP contribution in [0.2, 0.25) is 0 Å². The molecule has 1 aliphatic carbocycles. The lowest BCUT2D eigenvalue weighted by molar-refractivity contribution is 0.284. The van der Waals surface area contributed by atoms with Gasteiger partial charge in [0.2, 0.25) is 5.95 Å². The lowest BCUT2D eigenvalue weighted by Crippen LogP contribution is -2.30. The number of para-hydroxylation sites is 1. The van der Waals surface area contributed by atoms with Crippen LogP contribution < -0.4 is 16.0 Å². The molecular weight excluding hydrogens is 418 g/mol. The second-order valence-corrected chi connectivity index (χ2v) is 8.75. The molecule has 33 heavy (non-hydrogen) atoms. The Morgan fingerprint density at radius 1 is 1.12 bits per heavy atom. The van der Waals surface area contributed by atoms with Crippen LogP contribution in [0.25, 0.3) is 22.3 Å². The number of nitrogen functional groups attached to an aromatic ring is 1. The number of anilines is 1. The highest BCUT2D eigenvalue weighted by Gasteiger charge is 2.21. The molecule has 0 amide bonds. The molecule has 1 aliphatic rings. The number of pyridine rings is 1. The molecule has 0 unspecified atom stereocenters. The van der Waals surface area contributed by atoms with E-state index in [2.05, 4.69) is 27.2 Å². The van der Waals surface area contributed by atoms with Gasteiger partial charge in [0, 0.05) is 23.2 Å². The number of methoxy groups -OCH3 is 1. The Morgan fingerprint density at radius 2 is 1.94 bits per heavy atom. The molecule has 4 aromatic rings. The summed E-state index contributed by atoms with van der Waals surface area (Å²) < 4.78 is 8.96. The fourth-order valence-electron chi connectivity index (χ4n) is 4.65. The number of aromatic nitrogens is 6. The number of nitrogens with two attached hydrogens (primary N) is 1. The van der Waals surface area contributed by atoms with Crippen LogP contribution in [0.3, 0.4) is 0 Å². The maximum Gasteiger partial charge on any atom is 0.255 e. The number of hydrogen-bond acceptors (Lipinski definition) is 7. The number of nitrogens with zero attached hydrogens (tertiary/aromatic N) is 6. The Kier molecular flexibility index (Phi) is 5.53. The number of benzene rings is 1. The number of hydrogen-bond donors (Lipinski definition) is 1. The van der Waals surface area contributed by atoms with Gasteiger partial charge >= 0.3 is 0 Å². The van der Waals surface area contributed by atoms with Crippen LogP contribution in [-0.4, -0.2) is 36.6 Å². The highest BCUT2D eigenvalue weighted by atomic mass is 16.5. The molecule has 0 spiro atoms. The van der Waals surface area contributed by atoms with Crippen molar-refractivity contribution in [2.45, 2.75) is 45.2 Å². The molecule has 3 heterocycles. The first-order valence-electron chi connectivity index (χ1n) is 11.2. The van der Waals surface area contributed by atoms with Crippen LogP contribution in [-0.2, 0) is 6.54 Å². The molecule has 0 atom stereocenters. The smallest absolute Gasteiger partial charge is 0.255 e. The maximum atomic E-state index is 13.2. The van der Waals surface area contributed by atoms with Crippen molar-refractivity contribution >= 4 is 16.9 Å². The summed E-state index contributed by atoms with van der Waals surface area (Å²) in [6.07, 6.45) is 8.10. The quantitative estimate of drug-likeness (QED) is 0.500. The number of rotatable bonds is 5. The van der Waals surface area contributed by atoms with Crippen molar-refractivity contribution in [3.05, 3.63) is 58.6 Å². The van der Waals surface area contributed by atoms with Gasteiger partial charge in [-0.2, -0.15) is 0 Å². The van der Waals surface area contributed by atoms with Gasteiger partial charge in [0.25, 0.3) is 5.56 Å². The third kappa shape index (κ3) is 4.06. The summed E-state index contributed by atoms with van der Waals surface area (Å²) in [5.74, 6) is 1.47. The van der Waals surface area contributed by atoms with E-state index in [1.807, 2.05) is 41.1 Å². The van der Waals surface area contributed by atoms with E-state index < -0.39 is 0 Å². The molecule has 0 aliphatic heterocycles. The minimum Gasteiger partial charge on any atom is -0.494 e. The first-order valence-corrected chi connectivity index (χ1v) is 11.2. The monoisotopic (exact) mass is 445 g/mol. The predicted octanol–water partition coefficient (Wildman–Crippen LogP) is 3.44. The summed E-state index contributed by atoms with van der Waals surface area (Å²) in [5, 5.41) is 9.31. The minimum absolute atomic E-state index is 0.0376. The fourth-order valence-corrected chi connectivity index (χ4v) is 4.65. The third-order valence-corrected chi connectivity index (χ3v) is 6.47. The number of fused-ring (bicyclic) bond motifs is 1. The highest BCUT2D eigenvalue weighted by Crippen LogP contribution is 2.32. The van der Waals surface area contributed by atoms with Crippen LogP contribution in [0.4, 0.5) is 5.95 Å². The number of ether oxygens (including phenoxy) is 1. The highest BCUT2D eigenvalue weighted by molar-refractivity contribution is 5.95. The third-order valence-electron chi connectivity index (χ3n) is 6.47. The zero-order valence-electron chi connectivity index (χ0n) is 18.8. The van der Waals surface area contributed by atoms with Gasteiger partial charge in [-0.15, -0.1) is 5.10 Å². The van der Waals surface area contributed by atoms with Crippen molar-refractivity contribution in [3.63, 3.8) is 0 Å². The van der Waals surface area contributed by atoms with E-state index in [0.717, 1.165) is 37.0 Å². The molecule has 2 N–H and O–H groups in total. The molecule has 0 saturated heterocycles. The lowest BCUT2D eigenvalue weighted by atomic mass is 9.87. The van der Waals surface area contributed by atoms with E-state index in [0.29, 0.717) is 34.8 Å². The van der Waals surface area contributed by atoms with Gasteiger partial charge < -0.3 is 15.0 Å². The van der Waals surface area contributed by atoms with Gasteiger partial charge in [-0.25, -0.2) is 14.6 Å². The Morgan fingerprint density at radius 3 is 2.73 bits per heavy atom. The molecule has 0 radical (unpaired) electrons. The Hall–Kier alpha value is -3.75. The Labute approximate surface area is 191 Å². The average Bonchev–Trinajstić information content (AvgIpc) is 3.28. The van der Waals surface area contributed by atoms with Crippen LogP contribution in [0.5, 0.6) is 5.75 Å². The largest absolute Gasteiger partial charge is 0.494 e. The standard InChI is InChI=1S/C24H27N7O2/c1-15-8-10-17(11-9-15)31-12-4-5-16(23(31)32)13-30-14-19(28-29-30)21-18-6-3-7-20(33-2)22(18)27-24(25)26-21/h3-7,12,14-15,17H,8-11,13H2,1-2H3,(H2,25,26,27). The molecule has 3 aromatic heterocycles. The lowest BCUT2D eigenvalue weighted by Gasteiger charge is -2.28. The van der Waals surface area contributed by atoms with Crippen molar-refractivity contribution in [2.75, 3.05) is 12.8 Å². The van der Waals surface area contributed by atoms with Crippen molar-refractivity contribution in [1.29, 1.82) is 0 Å². The molecule has 9 heteroatoms. The van der Waals surface area contributed by atoms with Gasteiger partial charge in [0.15, 0.2) is 0 Å². The first-order chi connectivity index (χ1) is 16.0. The van der Waals surface area contributed by atoms with Crippen LogP contribution in [0, 0.1) is 5.92 Å². The van der Waals surface area contributed by atoms with E-state index in [-0.39, 0.29) is 17.5 Å². The van der Waals surface area contributed by atoms with Crippen molar-refractivity contribution < 1.29 is 4.74 Å². The first kappa shape index (κ1) is 21.1. The van der Waals surface area contributed by atoms with E-state index in [1.54, 1.807) is 18.0 Å². The average molecular weight is 446 g/mol. The zero-order valence-corrected chi connectivity index (χ0v) is 18.8. The van der Waals surface area contributed by atoms with Crippen LogP contribution in [0.1, 0.15) is 44.2 Å². The van der Waals surface area contributed by atoms with Gasteiger partial charge in [0.1, 0.15) is 22.7 Å². The van der Waals surface area contributed by atoms with Crippen molar-refractivity contribution in [3.8, 4) is 17.1 Å². The van der Waals surface area contributed by atoms with E-state index >= 15 is 0 Å². The zero-order chi connectivity index (χ0) is 22.9. The summed E-state index contributed by atoms with van der Waals surface area (Å²) in [4.78, 5) is 21.9. The van der Waals surface area contributed by atoms with E-state index in [9.17, 15) is 4.79 Å². The summed E-state index contributed by atoms with van der Waals surface area (Å²) in [6, 6.07) is 9.65. The normalized spacial score (nSPS) is 18.5. The van der Waals surface area contributed by atoms with E-state index in [1.165, 1.54) is 0 Å². The summed E-state index contributed by atoms with van der Waals surface area (Å²) in [5.41, 5.74) is 8.42. The Balaban J connectivity index is 1.45. The van der Waals surface area contributed by atoms with Gasteiger partial charge in [-0.1, -0.05) is 30.3 Å². The molecule has 170 valence electrons. The maximum absolute atomic E-state index is 13.2. The molecule has 1 fully saturated rings.